The lowest BCUT2D eigenvalue weighted by Gasteiger charge is -2.31. The van der Waals surface area contributed by atoms with E-state index in [9.17, 15) is 8.42 Å². The number of piperidine rings is 1. The largest absolute Gasteiger partial charge is 0.320 e. The average molecular weight is 361 g/mol. The number of hydrogen-bond donors (Lipinski definition) is 1. The van der Waals surface area contributed by atoms with Gasteiger partial charge in [-0.2, -0.15) is 4.31 Å². The summed E-state index contributed by atoms with van der Waals surface area (Å²) in [7, 11) is -1.37. The minimum Gasteiger partial charge on any atom is -0.320 e. The van der Waals surface area contributed by atoms with Crippen molar-refractivity contribution in [2.75, 3.05) is 26.7 Å². The summed E-state index contributed by atoms with van der Waals surface area (Å²) in [6.45, 7) is 2.27. The lowest BCUT2D eigenvalue weighted by molar-refractivity contribution is 0.263. The molecule has 2 rings (SSSR count). The summed E-state index contributed by atoms with van der Waals surface area (Å²) in [5.74, 6) is 0.638. The standard InChI is InChI=1S/C14H21BrN2O2S/c1-16-9-6-12-7-10-17(11-8-12)20(18,19)14-4-2-13(15)3-5-14/h2-5,12,16H,6-11H2,1H3. The molecule has 112 valence electrons. The Balaban J connectivity index is 2.00. The van der Waals surface area contributed by atoms with Gasteiger partial charge in [-0.1, -0.05) is 15.9 Å². The molecule has 0 unspecified atom stereocenters. The summed E-state index contributed by atoms with van der Waals surface area (Å²) < 4.78 is 27.5. The number of benzene rings is 1. The van der Waals surface area contributed by atoms with Crippen LogP contribution < -0.4 is 5.32 Å². The van der Waals surface area contributed by atoms with E-state index in [0.29, 0.717) is 23.9 Å². The SMILES string of the molecule is CNCCC1CCN(S(=O)(=O)c2ccc(Br)cc2)CC1. The zero-order valence-electron chi connectivity index (χ0n) is 11.7. The Morgan fingerprint density at radius 2 is 1.85 bits per heavy atom. The van der Waals surface area contributed by atoms with Gasteiger partial charge in [0.2, 0.25) is 10.0 Å². The van der Waals surface area contributed by atoms with Crippen LogP contribution in [-0.4, -0.2) is 39.4 Å². The van der Waals surface area contributed by atoms with Gasteiger partial charge in [0.15, 0.2) is 0 Å². The first-order valence-corrected chi connectivity index (χ1v) is 9.17. The van der Waals surface area contributed by atoms with E-state index in [4.69, 9.17) is 0 Å². The van der Waals surface area contributed by atoms with Gasteiger partial charge in [0.25, 0.3) is 0 Å². The van der Waals surface area contributed by atoms with Crippen molar-refractivity contribution in [2.45, 2.75) is 24.2 Å². The summed E-state index contributed by atoms with van der Waals surface area (Å²) in [5.41, 5.74) is 0. The maximum absolute atomic E-state index is 12.5. The molecule has 1 aromatic rings. The molecule has 0 atom stereocenters. The first-order chi connectivity index (χ1) is 9.54. The lowest BCUT2D eigenvalue weighted by atomic mass is 9.95. The summed E-state index contributed by atoms with van der Waals surface area (Å²) in [4.78, 5) is 0.384. The first-order valence-electron chi connectivity index (χ1n) is 6.94. The van der Waals surface area contributed by atoms with Gasteiger partial charge in [0.05, 0.1) is 4.90 Å². The van der Waals surface area contributed by atoms with Crippen LogP contribution in [0.2, 0.25) is 0 Å². The second kappa shape index (κ2) is 7.02. The van der Waals surface area contributed by atoms with Crippen molar-refractivity contribution >= 4 is 26.0 Å². The minimum atomic E-state index is -3.33. The summed E-state index contributed by atoms with van der Waals surface area (Å²) >= 11 is 3.33. The first kappa shape index (κ1) is 15.9. The number of nitrogens with one attached hydrogen (secondary N) is 1. The molecule has 0 amide bonds. The highest BCUT2D eigenvalue weighted by Gasteiger charge is 2.28. The van der Waals surface area contributed by atoms with Crippen molar-refractivity contribution in [3.8, 4) is 0 Å². The molecular weight excluding hydrogens is 340 g/mol. The number of hydrogen-bond acceptors (Lipinski definition) is 3. The fourth-order valence-electron chi connectivity index (χ4n) is 2.54. The third-order valence-electron chi connectivity index (χ3n) is 3.83. The van der Waals surface area contributed by atoms with Crippen LogP contribution in [0.25, 0.3) is 0 Å². The molecule has 0 aromatic heterocycles. The van der Waals surface area contributed by atoms with Gasteiger partial charge in [-0.3, -0.25) is 0 Å². The predicted molar refractivity (Wildman–Crippen MR) is 84.2 cm³/mol. The van der Waals surface area contributed by atoms with Gasteiger partial charge in [-0.15, -0.1) is 0 Å². The molecule has 1 aliphatic rings. The summed E-state index contributed by atoms with van der Waals surface area (Å²) in [6.07, 6.45) is 3.04. The van der Waals surface area contributed by atoms with Crippen LogP contribution in [0.4, 0.5) is 0 Å². The van der Waals surface area contributed by atoms with E-state index in [-0.39, 0.29) is 0 Å². The van der Waals surface area contributed by atoms with Crippen molar-refractivity contribution in [3.05, 3.63) is 28.7 Å². The Morgan fingerprint density at radius 1 is 1.25 bits per heavy atom. The summed E-state index contributed by atoms with van der Waals surface area (Å²) in [6, 6.07) is 6.86. The second-order valence-corrected chi connectivity index (χ2v) is 8.05. The molecule has 1 saturated heterocycles. The maximum atomic E-state index is 12.5. The molecule has 0 spiro atoms. The Kier molecular flexibility index (Phi) is 5.60. The molecule has 0 saturated carbocycles. The van der Waals surface area contributed by atoms with Gasteiger partial charge in [-0.25, -0.2) is 8.42 Å². The van der Waals surface area contributed by atoms with Gasteiger partial charge in [-0.05, 0) is 63.0 Å². The second-order valence-electron chi connectivity index (χ2n) is 5.19. The molecule has 1 aromatic carbocycles. The van der Waals surface area contributed by atoms with Gasteiger partial charge >= 0.3 is 0 Å². The van der Waals surface area contributed by atoms with Crippen molar-refractivity contribution < 1.29 is 8.42 Å². The van der Waals surface area contributed by atoms with Crippen LogP contribution in [0.15, 0.2) is 33.6 Å². The van der Waals surface area contributed by atoms with E-state index in [0.717, 1.165) is 30.3 Å². The molecule has 6 heteroatoms. The van der Waals surface area contributed by atoms with Crippen LogP contribution in [0, 0.1) is 5.92 Å². The van der Waals surface area contributed by atoms with Crippen LogP contribution >= 0.6 is 15.9 Å². The third kappa shape index (κ3) is 3.81. The monoisotopic (exact) mass is 360 g/mol. The van der Waals surface area contributed by atoms with Gasteiger partial charge < -0.3 is 5.32 Å². The molecule has 0 bridgehead atoms. The molecule has 1 heterocycles. The molecule has 1 aliphatic heterocycles. The normalized spacial score (nSPS) is 18.3. The van der Waals surface area contributed by atoms with Crippen molar-refractivity contribution in [1.29, 1.82) is 0 Å². The van der Waals surface area contributed by atoms with Crippen LogP contribution in [0.5, 0.6) is 0 Å². The molecule has 20 heavy (non-hydrogen) atoms. The number of rotatable bonds is 5. The minimum absolute atomic E-state index is 0.384. The Morgan fingerprint density at radius 3 is 2.40 bits per heavy atom. The zero-order valence-corrected chi connectivity index (χ0v) is 14.1. The predicted octanol–water partition coefficient (Wildman–Crippen LogP) is 2.46. The number of nitrogens with zero attached hydrogens (tertiary/aromatic N) is 1. The highest BCUT2D eigenvalue weighted by Crippen LogP contribution is 2.26. The van der Waals surface area contributed by atoms with E-state index in [1.165, 1.54) is 0 Å². The molecule has 0 aliphatic carbocycles. The average Bonchev–Trinajstić information content (AvgIpc) is 2.46. The Bertz CT molecular complexity index is 523. The lowest BCUT2D eigenvalue weighted by Crippen LogP contribution is -2.38. The summed E-state index contributed by atoms with van der Waals surface area (Å²) in [5, 5.41) is 3.15. The fourth-order valence-corrected chi connectivity index (χ4v) is 4.28. The highest BCUT2D eigenvalue weighted by molar-refractivity contribution is 9.10. The fraction of sp³-hybridized carbons (Fsp3) is 0.571. The van der Waals surface area contributed by atoms with Crippen LogP contribution in [0.3, 0.4) is 0 Å². The topological polar surface area (TPSA) is 49.4 Å². The van der Waals surface area contributed by atoms with Crippen LogP contribution in [0.1, 0.15) is 19.3 Å². The molecule has 1 N–H and O–H groups in total. The van der Waals surface area contributed by atoms with Crippen molar-refractivity contribution in [1.82, 2.24) is 9.62 Å². The third-order valence-corrected chi connectivity index (χ3v) is 6.27. The van der Waals surface area contributed by atoms with Crippen molar-refractivity contribution in [2.24, 2.45) is 5.92 Å². The zero-order chi connectivity index (χ0) is 14.6. The Hall–Kier alpha value is -0.430. The number of halogens is 1. The van der Waals surface area contributed by atoms with Gasteiger partial charge in [0.1, 0.15) is 0 Å². The van der Waals surface area contributed by atoms with E-state index in [2.05, 4.69) is 21.2 Å². The van der Waals surface area contributed by atoms with Gasteiger partial charge in [0, 0.05) is 17.6 Å². The molecule has 4 nitrogen and oxygen atoms in total. The van der Waals surface area contributed by atoms with E-state index >= 15 is 0 Å². The van der Waals surface area contributed by atoms with E-state index in [1.807, 2.05) is 7.05 Å². The van der Waals surface area contributed by atoms with Crippen LogP contribution in [-0.2, 0) is 10.0 Å². The maximum Gasteiger partial charge on any atom is 0.243 e. The molecule has 1 fully saturated rings. The Labute approximate surface area is 129 Å². The molecular formula is C14H21BrN2O2S. The smallest absolute Gasteiger partial charge is 0.243 e. The van der Waals surface area contributed by atoms with Crippen molar-refractivity contribution in [3.63, 3.8) is 0 Å². The van der Waals surface area contributed by atoms with E-state index in [1.54, 1.807) is 28.6 Å². The van der Waals surface area contributed by atoms with E-state index < -0.39 is 10.0 Å². The molecule has 0 radical (unpaired) electrons. The highest BCUT2D eigenvalue weighted by atomic mass is 79.9. The number of sulfonamides is 1. The quantitative estimate of drug-likeness (QED) is 0.877.